The van der Waals surface area contributed by atoms with Crippen molar-refractivity contribution >= 4 is 5.91 Å². The lowest BCUT2D eigenvalue weighted by molar-refractivity contribution is -0.120. The van der Waals surface area contributed by atoms with Gasteiger partial charge in [0.1, 0.15) is 0 Å². The summed E-state index contributed by atoms with van der Waals surface area (Å²) in [6, 6.07) is 8.45. The fraction of sp³-hybridized carbons (Fsp3) is 0.533. The predicted octanol–water partition coefficient (Wildman–Crippen LogP) is 2.84. The number of hydrogen-bond acceptors (Lipinski definition) is 1. The van der Waals surface area contributed by atoms with Crippen LogP contribution >= 0.6 is 0 Å². The van der Waals surface area contributed by atoms with Gasteiger partial charge in [0.25, 0.3) is 0 Å². The Balaban J connectivity index is 2.25. The summed E-state index contributed by atoms with van der Waals surface area (Å²) >= 11 is 0. The van der Waals surface area contributed by atoms with E-state index in [9.17, 15) is 4.79 Å². The molecule has 1 aliphatic heterocycles. The van der Waals surface area contributed by atoms with Crippen LogP contribution in [0.4, 0.5) is 0 Å². The van der Waals surface area contributed by atoms with Crippen LogP contribution in [0.2, 0.25) is 0 Å². The molecule has 2 heteroatoms. The summed E-state index contributed by atoms with van der Waals surface area (Å²) in [4.78, 5) is 11.5. The molecule has 2 nitrogen and oxygen atoms in total. The molecule has 1 aromatic carbocycles. The number of benzene rings is 1. The van der Waals surface area contributed by atoms with Crippen LogP contribution in [-0.4, -0.2) is 11.4 Å². The third kappa shape index (κ3) is 2.36. The standard InChI is InChI=1S/C15H21NO/c1-11(2)15(9-8-14(17)16-15)10-13-7-5-4-6-12(13)3/h4-7,11H,8-10H2,1-3H3,(H,16,17). The molecule has 1 fully saturated rings. The molecule has 1 aliphatic rings. The molecular formula is C15H21NO. The van der Waals surface area contributed by atoms with Crippen molar-refractivity contribution in [3.05, 3.63) is 35.4 Å². The van der Waals surface area contributed by atoms with E-state index in [1.807, 2.05) is 0 Å². The van der Waals surface area contributed by atoms with Gasteiger partial charge in [-0.05, 0) is 36.8 Å². The summed E-state index contributed by atoms with van der Waals surface area (Å²) in [5, 5.41) is 3.20. The van der Waals surface area contributed by atoms with Crippen LogP contribution in [0.3, 0.4) is 0 Å². The van der Waals surface area contributed by atoms with Gasteiger partial charge in [-0.15, -0.1) is 0 Å². The average Bonchev–Trinajstić information content (AvgIpc) is 2.65. The normalized spacial score (nSPS) is 24.1. The maximum absolute atomic E-state index is 11.5. The topological polar surface area (TPSA) is 29.1 Å². The maximum atomic E-state index is 11.5. The largest absolute Gasteiger partial charge is 0.350 e. The van der Waals surface area contributed by atoms with E-state index in [0.29, 0.717) is 12.3 Å². The highest BCUT2D eigenvalue weighted by Gasteiger charge is 2.40. The van der Waals surface area contributed by atoms with Crippen LogP contribution < -0.4 is 5.32 Å². The quantitative estimate of drug-likeness (QED) is 0.851. The minimum Gasteiger partial charge on any atom is -0.350 e. The molecule has 0 bridgehead atoms. The first-order chi connectivity index (χ1) is 8.03. The third-order valence-corrected chi connectivity index (χ3v) is 4.06. The van der Waals surface area contributed by atoms with Crippen LogP contribution in [0, 0.1) is 12.8 Å². The van der Waals surface area contributed by atoms with E-state index in [-0.39, 0.29) is 11.4 Å². The first kappa shape index (κ1) is 12.2. The monoisotopic (exact) mass is 231 g/mol. The summed E-state index contributed by atoms with van der Waals surface area (Å²) in [5.41, 5.74) is 2.63. The summed E-state index contributed by atoms with van der Waals surface area (Å²) < 4.78 is 0. The SMILES string of the molecule is Cc1ccccc1CC1(C(C)C)CCC(=O)N1. The summed E-state index contributed by atoms with van der Waals surface area (Å²) in [6.07, 6.45) is 2.57. The van der Waals surface area contributed by atoms with Gasteiger partial charge in [-0.25, -0.2) is 0 Å². The molecule has 1 amide bonds. The Hall–Kier alpha value is -1.31. The Morgan fingerprint density at radius 2 is 2.06 bits per heavy atom. The Labute approximate surface area is 103 Å². The first-order valence-corrected chi connectivity index (χ1v) is 6.39. The molecule has 92 valence electrons. The lowest BCUT2D eigenvalue weighted by Gasteiger charge is -2.34. The number of amides is 1. The second kappa shape index (κ2) is 4.52. The number of nitrogens with one attached hydrogen (secondary N) is 1. The maximum Gasteiger partial charge on any atom is 0.220 e. The lowest BCUT2D eigenvalue weighted by atomic mass is 9.79. The molecule has 2 rings (SSSR count). The molecule has 1 N–H and O–H groups in total. The first-order valence-electron chi connectivity index (χ1n) is 6.39. The van der Waals surface area contributed by atoms with Gasteiger partial charge in [0.2, 0.25) is 5.91 Å². The van der Waals surface area contributed by atoms with Gasteiger partial charge in [0.15, 0.2) is 0 Å². The molecule has 0 aliphatic carbocycles. The molecule has 0 saturated carbocycles. The molecular weight excluding hydrogens is 210 g/mol. The highest BCUT2D eigenvalue weighted by atomic mass is 16.2. The van der Waals surface area contributed by atoms with Gasteiger partial charge in [0.05, 0.1) is 0 Å². The van der Waals surface area contributed by atoms with Crippen molar-refractivity contribution in [3.63, 3.8) is 0 Å². The Bertz CT molecular complexity index is 425. The highest BCUT2D eigenvalue weighted by molar-refractivity contribution is 5.79. The number of hydrogen-bond donors (Lipinski definition) is 1. The minimum atomic E-state index is -0.0385. The van der Waals surface area contributed by atoms with Gasteiger partial charge in [0, 0.05) is 12.0 Å². The summed E-state index contributed by atoms with van der Waals surface area (Å²) in [6.45, 7) is 6.54. The van der Waals surface area contributed by atoms with E-state index in [1.165, 1.54) is 11.1 Å². The molecule has 1 atom stereocenters. The number of carbonyl (C=O) groups excluding carboxylic acids is 1. The second-order valence-corrected chi connectivity index (χ2v) is 5.46. The van der Waals surface area contributed by atoms with Crippen molar-refractivity contribution in [2.24, 2.45) is 5.92 Å². The minimum absolute atomic E-state index is 0.0385. The van der Waals surface area contributed by atoms with Crippen molar-refractivity contribution in [2.75, 3.05) is 0 Å². The fourth-order valence-corrected chi connectivity index (χ4v) is 2.66. The number of rotatable bonds is 3. The average molecular weight is 231 g/mol. The smallest absolute Gasteiger partial charge is 0.220 e. The van der Waals surface area contributed by atoms with E-state index in [2.05, 4.69) is 50.4 Å². The van der Waals surface area contributed by atoms with Crippen LogP contribution in [0.5, 0.6) is 0 Å². The van der Waals surface area contributed by atoms with Crippen molar-refractivity contribution in [2.45, 2.75) is 45.6 Å². The molecule has 17 heavy (non-hydrogen) atoms. The van der Waals surface area contributed by atoms with Crippen molar-refractivity contribution in [1.29, 1.82) is 0 Å². The molecule has 1 aromatic rings. The van der Waals surface area contributed by atoms with Crippen LogP contribution in [-0.2, 0) is 11.2 Å². The van der Waals surface area contributed by atoms with E-state index in [1.54, 1.807) is 0 Å². The van der Waals surface area contributed by atoms with Crippen LogP contribution in [0.1, 0.15) is 37.8 Å². The Morgan fingerprint density at radius 3 is 2.59 bits per heavy atom. The predicted molar refractivity (Wildman–Crippen MR) is 69.8 cm³/mol. The summed E-state index contributed by atoms with van der Waals surface area (Å²) in [7, 11) is 0. The van der Waals surface area contributed by atoms with Crippen LogP contribution in [0.25, 0.3) is 0 Å². The zero-order chi connectivity index (χ0) is 12.5. The van der Waals surface area contributed by atoms with E-state index < -0.39 is 0 Å². The zero-order valence-corrected chi connectivity index (χ0v) is 10.9. The van der Waals surface area contributed by atoms with Gasteiger partial charge in [-0.1, -0.05) is 38.1 Å². The van der Waals surface area contributed by atoms with Gasteiger partial charge < -0.3 is 5.32 Å². The van der Waals surface area contributed by atoms with Crippen molar-refractivity contribution in [1.82, 2.24) is 5.32 Å². The number of aryl methyl sites for hydroxylation is 1. The van der Waals surface area contributed by atoms with E-state index in [4.69, 9.17) is 0 Å². The Kier molecular flexibility index (Phi) is 3.23. The van der Waals surface area contributed by atoms with E-state index in [0.717, 1.165) is 12.8 Å². The third-order valence-electron chi connectivity index (χ3n) is 4.06. The molecule has 0 spiro atoms. The van der Waals surface area contributed by atoms with Crippen molar-refractivity contribution in [3.8, 4) is 0 Å². The molecule has 1 heterocycles. The number of carbonyl (C=O) groups is 1. The van der Waals surface area contributed by atoms with Crippen LogP contribution in [0.15, 0.2) is 24.3 Å². The van der Waals surface area contributed by atoms with E-state index >= 15 is 0 Å². The lowest BCUT2D eigenvalue weighted by Crippen LogP contribution is -2.48. The van der Waals surface area contributed by atoms with Gasteiger partial charge in [-0.3, -0.25) is 4.79 Å². The fourth-order valence-electron chi connectivity index (χ4n) is 2.66. The highest BCUT2D eigenvalue weighted by Crippen LogP contribution is 2.32. The van der Waals surface area contributed by atoms with Gasteiger partial charge >= 0.3 is 0 Å². The Morgan fingerprint density at radius 1 is 1.35 bits per heavy atom. The summed E-state index contributed by atoms with van der Waals surface area (Å²) in [5.74, 6) is 0.667. The molecule has 0 radical (unpaired) electrons. The van der Waals surface area contributed by atoms with Gasteiger partial charge in [-0.2, -0.15) is 0 Å². The van der Waals surface area contributed by atoms with Crippen molar-refractivity contribution < 1.29 is 4.79 Å². The molecule has 1 saturated heterocycles. The molecule has 1 unspecified atom stereocenters. The molecule has 0 aromatic heterocycles. The zero-order valence-electron chi connectivity index (χ0n) is 10.9. The second-order valence-electron chi connectivity index (χ2n) is 5.46.